The van der Waals surface area contributed by atoms with E-state index in [0.29, 0.717) is 12.5 Å². The Hall–Kier alpha value is -0.0600. The van der Waals surface area contributed by atoms with Gasteiger partial charge >= 0.3 is 0 Å². The third-order valence-electron chi connectivity index (χ3n) is 2.02. The lowest BCUT2D eigenvalue weighted by molar-refractivity contribution is 0.200. The van der Waals surface area contributed by atoms with E-state index in [1.54, 1.807) is 0 Å². The van der Waals surface area contributed by atoms with Gasteiger partial charge in [0.15, 0.2) is 0 Å². The number of aliphatic hydroxyl groups is 1. The molecule has 0 unspecified atom stereocenters. The zero-order valence-electron chi connectivity index (χ0n) is 8.76. The summed E-state index contributed by atoms with van der Waals surface area (Å²) in [6.07, 6.45) is 0. The average Bonchev–Trinajstić information content (AvgIpc) is 2.16. The zero-order valence-corrected chi connectivity index (χ0v) is 11.9. The van der Waals surface area contributed by atoms with Gasteiger partial charge < -0.3 is 9.84 Å². The van der Waals surface area contributed by atoms with Gasteiger partial charge in [-0.2, -0.15) is 0 Å². The fourth-order valence-corrected chi connectivity index (χ4v) is 2.65. The first-order chi connectivity index (χ1) is 7.06. The van der Waals surface area contributed by atoms with E-state index >= 15 is 0 Å². The van der Waals surface area contributed by atoms with Gasteiger partial charge in [-0.25, -0.2) is 0 Å². The molecule has 2 nitrogen and oxygen atoms in total. The largest absolute Gasteiger partial charge is 0.489 e. The van der Waals surface area contributed by atoms with Crippen LogP contribution >= 0.6 is 31.9 Å². The first-order valence-electron chi connectivity index (χ1n) is 4.79. The summed E-state index contributed by atoms with van der Waals surface area (Å²) < 4.78 is 7.23. The standard InChI is InChI=1S/C11H14Br2O2/c1-7(2)8-5-9(12)11(10(13)6-8)15-4-3-14/h5-7,14H,3-4H2,1-2H3. The Labute approximate surface area is 107 Å². The Morgan fingerprint density at radius 2 is 1.80 bits per heavy atom. The number of halogens is 2. The Morgan fingerprint density at radius 3 is 2.20 bits per heavy atom. The average molecular weight is 338 g/mol. The summed E-state index contributed by atoms with van der Waals surface area (Å²) in [4.78, 5) is 0. The van der Waals surface area contributed by atoms with Crippen molar-refractivity contribution in [2.75, 3.05) is 13.2 Å². The zero-order chi connectivity index (χ0) is 11.4. The molecule has 0 saturated carbocycles. The molecular formula is C11H14Br2O2. The molecule has 0 aromatic heterocycles. The van der Waals surface area contributed by atoms with E-state index in [4.69, 9.17) is 9.84 Å². The number of ether oxygens (including phenoxy) is 1. The third-order valence-corrected chi connectivity index (χ3v) is 3.20. The van der Waals surface area contributed by atoms with E-state index in [9.17, 15) is 0 Å². The van der Waals surface area contributed by atoms with Crippen LogP contribution < -0.4 is 4.74 Å². The number of aliphatic hydroxyl groups excluding tert-OH is 1. The van der Waals surface area contributed by atoms with Gasteiger partial charge in [-0.15, -0.1) is 0 Å². The molecule has 0 amide bonds. The van der Waals surface area contributed by atoms with Crippen LogP contribution in [-0.4, -0.2) is 18.3 Å². The summed E-state index contributed by atoms with van der Waals surface area (Å²) in [5.74, 6) is 1.22. The maximum atomic E-state index is 8.70. The van der Waals surface area contributed by atoms with Gasteiger partial charge in [-0.3, -0.25) is 0 Å². The quantitative estimate of drug-likeness (QED) is 0.907. The number of hydrogen-bond acceptors (Lipinski definition) is 2. The summed E-state index contributed by atoms with van der Waals surface area (Å²) in [7, 11) is 0. The van der Waals surface area contributed by atoms with Crippen LogP contribution in [0.3, 0.4) is 0 Å². The van der Waals surface area contributed by atoms with Crippen molar-refractivity contribution in [2.24, 2.45) is 0 Å². The van der Waals surface area contributed by atoms with Gasteiger partial charge in [0, 0.05) is 0 Å². The molecule has 1 N–H and O–H groups in total. The Balaban J connectivity index is 2.99. The van der Waals surface area contributed by atoms with Crippen molar-refractivity contribution < 1.29 is 9.84 Å². The third kappa shape index (κ3) is 3.47. The summed E-state index contributed by atoms with van der Waals surface area (Å²) in [6.45, 7) is 4.61. The second-order valence-corrected chi connectivity index (χ2v) is 5.25. The number of hydrogen-bond donors (Lipinski definition) is 1. The predicted molar refractivity (Wildman–Crippen MR) is 68.5 cm³/mol. The lowest BCUT2D eigenvalue weighted by Gasteiger charge is -2.13. The van der Waals surface area contributed by atoms with Crippen LogP contribution in [0.25, 0.3) is 0 Å². The summed E-state index contributed by atoms with van der Waals surface area (Å²) in [5.41, 5.74) is 1.24. The van der Waals surface area contributed by atoms with E-state index in [0.717, 1.165) is 14.7 Å². The lowest BCUT2D eigenvalue weighted by atomic mass is 10.0. The van der Waals surface area contributed by atoms with Crippen molar-refractivity contribution in [3.63, 3.8) is 0 Å². The molecule has 0 atom stereocenters. The smallest absolute Gasteiger partial charge is 0.147 e. The molecular weight excluding hydrogens is 324 g/mol. The van der Waals surface area contributed by atoms with Crippen molar-refractivity contribution in [2.45, 2.75) is 19.8 Å². The minimum atomic E-state index is 0.0187. The van der Waals surface area contributed by atoms with Crippen molar-refractivity contribution >= 4 is 31.9 Å². The molecule has 0 bridgehead atoms. The fourth-order valence-electron chi connectivity index (χ4n) is 1.20. The molecule has 0 spiro atoms. The van der Waals surface area contributed by atoms with E-state index in [1.165, 1.54) is 5.56 Å². The molecule has 1 rings (SSSR count). The van der Waals surface area contributed by atoms with Crippen molar-refractivity contribution in [1.29, 1.82) is 0 Å². The molecule has 0 radical (unpaired) electrons. The summed E-state index contributed by atoms with van der Waals surface area (Å²) in [6, 6.07) is 4.09. The van der Waals surface area contributed by atoms with Gasteiger partial charge in [0.05, 0.1) is 15.6 Å². The second-order valence-electron chi connectivity index (χ2n) is 3.54. The Morgan fingerprint density at radius 1 is 1.27 bits per heavy atom. The molecule has 0 aliphatic heterocycles. The first kappa shape index (κ1) is 13.0. The van der Waals surface area contributed by atoms with Gasteiger partial charge in [-0.05, 0) is 55.5 Å². The molecule has 84 valence electrons. The van der Waals surface area contributed by atoms with Crippen LogP contribution in [-0.2, 0) is 0 Å². The summed E-state index contributed by atoms with van der Waals surface area (Å²) in [5, 5.41) is 8.70. The minimum Gasteiger partial charge on any atom is -0.489 e. The predicted octanol–water partition coefficient (Wildman–Crippen LogP) is 3.71. The Kier molecular flexibility index (Phi) is 5.09. The van der Waals surface area contributed by atoms with Crippen LogP contribution in [0.1, 0.15) is 25.3 Å². The lowest BCUT2D eigenvalue weighted by Crippen LogP contribution is -2.03. The highest BCUT2D eigenvalue weighted by molar-refractivity contribution is 9.11. The molecule has 1 aromatic rings. The highest BCUT2D eigenvalue weighted by Crippen LogP contribution is 2.36. The van der Waals surface area contributed by atoms with E-state index < -0.39 is 0 Å². The fraction of sp³-hybridized carbons (Fsp3) is 0.455. The topological polar surface area (TPSA) is 29.5 Å². The van der Waals surface area contributed by atoms with Crippen LogP contribution in [0.15, 0.2) is 21.1 Å². The number of rotatable bonds is 4. The van der Waals surface area contributed by atoms with E-state index in [1.807, 2.05) is 12.1 Å². The molecule has 4 heteroatoms. The van der Waals surface area contributed by atoms with Crippen molar-refractivity contribution in [1.82, 2.24) is 0 Å². The molecule has 15 heavy (non-hydrogen) atoms. The molecule has 0 heterocycles. The van der Waals surface area contributed by atoms with Crippen LogP contribution in [0.4, 0.5) is 0 Å². The van der Waals surface area contributed by atoms with Crippen LogP contribution in [0.5, 0.6) is 5.75 Å². The SMILES string of the molecule is CC(C)c1cc(Br)c(OCCO)c(Br)c1. The van der Waals surface area contributed by atoms with Crippen LogP contribution in [0.2, 0.25) is 0 Å². The minimum absolute atomic E-state index is 0.0187. The first-order valence-corrected chi connectivity index (χ1v) is 6.37. The van der Waals surface area contributed by atoms with Gasteiger partial charge in [-0.1, -0.05) is 13.8 Å². The monoisotopic (exact) mass is 336 g/mol. The molecule has 0 aliphatic rings. The van der Waals surface area contributed by atoms with Crippen molar-refractivity contribution in [3.8, 4) is 5.75 Å². The highest BCUT2D eigenvalue weighted by atomic mass is 79.9. The van der Waals surface area contributed by atoms with Gasteiger partial charge in [0.1, 0.15) is 12.4 Å². The number of benzene rings is 1. The normalized spacial score (nSPS) is 10.8. The van der Waals surface area contributed by atoms with E-state index in [2.05, 4.69) is 45.7 Å². The maximum absolute atomic E-state index is 8.70. The Bertz CT molecular complexity index is 314. The second kappa shape index (κ2) is 5.87. The van der Waals surface area contributed by atoms with Gasteiger partial charge in [0.2, 0.25) is 0 Å². The highest BCUT2D eigenvalue weighted by Gasteiger charge is 2.10. The van der Waals surface area contributed by atoms with E-state index in [-0.39, 0.29) is 6.61 Å². The molecule has 0 fully saturated rings. The van der Waals surface area contributed by atoms with Gasteiger partial charge in [0.25, 0.3) is 0 Å². The van der Waals surface area contributed by atoms with Crippen molar-refractivity contribution in [3.05, 3.63) is 26.6 Å². The maximum Gasteiger partial charge on any atom is 0.147 e. The molecule has 0 saturated heterocycles. The van der Waals surface area contributed by atoms with Crippen LogP contribution in [0, 0.1) is 0 Å². The molecule has 0 aliphatic carbocycles. The molecule has 1 aromatic carbocycles. The summed E-state index contributed by atoms with van der Waals surface area (Å²) >= 11 is 6.92.